The van der Waals surface area contributed by atoms with Gasteiger partial charge in [-0.3, -0.25) is 14.5 Å². The molecule has 1 fully saturated rings. The summed E-state index contributed by atoms with van der Waals surface area (Å²) >= 11 is 0. The van der Waals surface area contributed by atoms with E-state index in [-0.39, 0.29) is 36.4 Å². The van der Waals surface area contributed by atoms with Crippen molar-refractivity contribution in [3.63, 3.8) is 0 Å². The maximum absolute atomic E-state index is 12.9. The monoisotopic (exact) mass is 379 g/mol. The molecule has 0 bridgehead atoms. The van der Waals surface area contributed by atoms with Crippen LogP contribution in [0.1, 0.15) is 31.0 Å². The Kier molecular flexibility index (Phi) is 6.82. The van der Waals surface area contributed by atoms with Gasteiger partial charge in [0.05, 0.1) is 18.6 Å². The van der Waals surface area contributed by atoms with Crippen molar-refractivity contribution in [3.05, 3.63) is 71.8 Å². The zero-order valence-corrected chi connectivity index (χ0v) is 16.6. The molecule has 0 spiro atoms. The average molecular weight is 380 g/mol. The van der Waals surface area contributed by atoms with E-state index in [4.69, 9.17) is 0 Å². The number of piperazine rings is 1. The van der Waals surface area contributed by atoms with E-state index in [0.29, 0.717) is 13.1 Å². The van der Waals surface area contributed by atoms with E-state index < -0.39 is 0 Å². The van der Waals surface area contributed by atoms with E-state index in [0.717, 1.165) is 12.0 Å². The second-order valence-electron chi connectivity index (χ2n) is 7.67. The third kappa shape index (κ3) is 5.20. The number of rotatable bonds is 7. The van der Waals surface area contributed by atoms with Crippen LogP contribution < -0.4 is 10.6 Å². The van der Waals surface area contributed by atoms with Crippen LogP contribution in [-0.2, 0) is 16.0 Å². The van der Waals surface area contributed by atoms with Crippen LogP contribution in [0.5, 0.6) is 0 Å². The molecule has 148 valence electrons. The molecule has 0 radical (unpaired) electrons. The van der Waals surface area contributed by atoms with E-state index in [9.17, 15) is 9.59 Å². The second kappa shape index (κ2) is 9.51. The summed E-state index contributed by atoms with van der Waals surface area (Å²) in [6.07, 6.45) is 0.727. The van der Waals surface area contributed by atoms with Crippen molar-refractivity contribution in [2.24, 2.45) is 5.92 Å². The summed E-state index contributed by atoms with van der Waals surface area (Å²) in [6.45, 7) is 5.54. The predicted molar refractivity (Wildman–Crippen MR) is 111 cm³/mol. The van der Waals surface area contributed by atoms with Gasteiger partial charge in [0.2, 0.25) is 11.8 Å². The SMILES string of the molecule is CC(C)C1C(=O)NCCN1CC(=O)NC(Cc1ccccc1)c1ccccc1. The molecular formula is C23H29N3O2. The summed E-state index contributed by atoms with van der Waals surface area (Å²) < 4.78 is 0. The summed E-state index contributed by atoms with van der Waals surface area (Å²) in [5.74, 6) is 0.116. The molecule has 2 N–H and O–H groups in total. The Bertz CT molecular complexity index is 777. The zero-order valence-electron chi connectivity index (χ0n) is 16.6. The van der Waals surface area contributed by atoms with Crippen molar-refractivity contribution >= 4 is 11.8 Å². The number of carbonyl (C=O) groups is 2. The quantitative estimate of drug-likeness (QED) is 0.777. The highest BCUT2D eigenvalue weighted by molar-refractivity contribution is 5.84. The van der Waals surface area contributed by atoms with Gasteiger partial charge < -0.3 is 10.6 Å². The summed E-state index contributed by atoms with van der Waals surface area (Å²) in [5, 5.41) is 6.09. The number of nitrogens with one attached hydrogen (secondary N) is 2. The summed E-state index contributed by atoms with van der Waals surface area (Å²) in [7, 11) is 0. The third-order valence-electron chi connectivity index (χ3n) is 5.16. The van der Waals surface area contributed by atoms with Gasteiger partial charge in [0, 0.05) is 13.1 Å². The minimum absolute atomic E-state index is 0.0120. The molecule has 2 aromatic carbocycles. The number of carbonyl (C=O) groups excluding carboxylic acids is 2. The van der Waals surface area contributed by atoms with E-state index >= 15 is 0 Å². The van der Waals surface area contributed by atoms with Gasteiger partial charge in [-0.05, 0) is 23.5 Å². The van der Waals surface area contributed by atoms with Crippen LogP contribution in [0.3, 0.4) is 0 Å². The van der Waals surface area contributed by atoms with Crippen LogP contribution in [-0.4, -0.2) is 42.4 Å². The van der Waals surface area contributed by atoms with E-state index in [2.05, 4.69) is 22.8 Å². The van der Waals surface area contributed by atoms with Crippen molar-refractivity contribution in [1.29, 1.82) is 0 Å². The molecule has 0 aliphatic carbocycles. The van der Waals surface area contributed by atoms with Crippen molar-refractivity contribution in [2.75, 3.05) is 19.6 Å². The Morgan fingerprint density at radius 1 is 1.11 bits per heavy atom. The standard InChI is InChI=1S/C23H29N3O2/c1-17(2)22-23(28)24-13-14-26(22)16-21(27)25-20(19-11-7-4-8-12-19)15-18-9-5-3-6-10-18/h3-12,17,20,22H,13-16H2,1-2H3,(H,24,28)(H,25,27). The molecule has 3 rings (SSSR count). The highest BCUT2D eigenvalue weighted by atomic mass is 16.2. The van der Waals surface area contributed by atoms with E-state index in [1.54, 1.807) is 0 Å². The fourth-order valence-corrected chi connectivity index (χ4v) is 3.85. The second-order valence-corrected chi connectivity index (χ2v) is 7.67. The lowest BCUT2D eigenvalue weighted by Crippen LogP contribution is -2.59. The molecule has 1 aliphatic rings. The van der Waals surface area contributed by atoms with Gasteiger partial charge in [-0.15, -0.1) is 0 Å². The molecule has 2 amide bonds. The summed E-state index contributed by atoms with van der Waals surface area (Å²) in [6, 6.07) is 19.8. The molecule has 2 aromatic rings. The fourth-order valence-electron chi connectivity index (χ4n) is 3.85. The number of nitrogens with zero attached hydrogens (tertiary/aromatic N) is 1. The van der Waals surface area contributed by atoms with Crippen molar-refractivity contribution < 1.29 is 9.59 Å². The Morgan fingerprint density at radius 2 is 1.75 bits per heavy atom. The van der Waals surface area contributed by atoms with Crippen LogP contribution in [0, 0.1) is 5.92 Å². The number of amides is 2. The first kappa shape index (κ1) is 20.1. The zero-order chi connectivity index (χ0) is 19.9. The largest absolute Gasteiger partial charge is 0.353 e. The molecule has 5 nitrogen and oxygen atoms in total. The molecule has 0 aromatic heterocycles. The molecule has 28 heavy (non-hydrogen) atoms. The Morgan fingerprint density at radius 3 is 2.39 bits per heavy atom. The van der Waals surface area contributed by atoms with Crippen LogP contribution in [0.15, 0.2) is 60.7 Å². The van der Waals surface area contributed by atoms with Gasteiger partial charge in [0.15, 0.2) is 0 Å². The highest BCUT2D eigenvalue weighted by Crippen LogP contribution is 2.19. The molecule has 2 unspecified atom stereocenters. The highest BCUT2D eigenvalue weighted by Gasteiger charge is 2.33. The minimum Gasteiger partial charge on any atom is -0.353 e. The lowest BCUT2D eigenvalue weighted by molar-refractivity contribution is -0.133. The van der Waals surface area contributed by atoms with Crippen LogP contribution in [0.2, 0.25) is 0 Å². The molecular weight excluding hydrogens is 350 g/mol. The molecule has 2 atom stereocenters. The molecule has 5 heteroatoms. The van der Waals surface area contributed by atoms with Gasteiger partial charge in [0.25, 0.3) is 0 Å². The lowest BCUT2D eigenvalue weighted by atomic mass is 9.98. The molecule has 1 aliphatic heterocycles. The molecule has 1 heterocycles. The molecule has 0 saturated carbocycles. The minimum atomic E-state index is -0.260. The molecule has 1 saturated heterocycles. The summed E-state index contributed by atoms with van der Waals surface area (Å²) in [4.78, 5) is 27.1. The Labute approximate surface area is 167 Å². The predicted octanol–water partition coefficient (Wildman–Crippen LogP) is 2.54. The first-order valence-corrected chi connectivity index (χ1v) is 9.94. The number of benzene rings is 2. The first-order chi connectivity index (χ1) is 13.5. The van der Waals surface area contributed by atoms with Gasteiger partial charge in [-0.2, -0.15) is 0 Å². The third-order valence-corrected chi connectivity index (χ3v) is 5.16. The van der Waals surface area contributed by atoms with E-state index in [1.165, 1.54) is 5.56 Å². The van der Waals surface area contributed by atoms with E-state index in [1.807, 2.05) is 67.3 Å². The average Bonchev–Trinajstić information content (AvgIpc) is 2.68. The van der Waals surface area contributed by atoms with Gasteiger partial charge >= 0.3 is 0 Å². The van der Waals surface area contributed by atoms with Gasteiger partial charge in [0.1, 0.15) is 0 Å². The van der Waals surface area contributed by atoms with Crippen molar-refractivity contribution in [1.82, 2.24) is 15.5 Å². The maximum atomic E-state index is 12.9. The summed E-state index contributed by atoms with van der Waals surface area (Å²) in [5.41, 5.74) is 2.26. The Balaban J connectivity index is 1.71. The first-order valence-electron chi connectivity index (χ1n) is 9.94. The number of hydrogen-bond donors (Lipinski definition) is 2. The fraction of sp³-hybridized carbons (Fsp3) is 0.391. The van der Waals surface area contributed by atoms with Crippen molar-refractivity contribution in [2.45, 2.75) is 32.4 Å². The van der Waals surface area contributed by atoms with Crippen LogP contribution in [0.25, 0.3) is 0 Å². The Hall–Kier alpha value is -2.66. The van der Waals surface area contributed by atoms with Gasteiger partial charge in [-0.1, -0.05) is 74.5 Å². The maximum Gasteiger partial charge on any atom is 0.237 e. The lowest BCUT2D eigenvalue weighted by Gasteiger charge is -2.37. The number of hydrogen-bond acceptors (Lipinski definition) is 3. The van der Waals surface area contributed by atoms with Crippen LogP contribution in [0.4, 0.5) is 0 Å². The normalized spacial score (nSPS) is 18.5. The van der Waals surface area contributed by atoms with Crippen LogP contribution >= 0.6 is 0 Å². The van der Waals surface area contributed by atoms with Crippen molar-refractivity contribution in [3.8, 4) is 0 Å². The van der Waals surface area contributed by atoms with Gasteiger partial charge in [-0.25, -0.2) is 0 Å². The topological polar surface area (TPSA) is 61.4 Å². The smallest absolute Gasteiger partial charge is 0.237 e.